The molecule has 4 aromatic rings. The van der Waals surface area contributed by atoms with E-state index in [2.05, 4.69) is 56.3 Å². The van der Waals surface area contributed by atoms with Crippen LogP contribution in [0.1, 0.15) is 48.1 Å². The van der Waals surface area contributed by atoms with E-state index in [4.69, 9.17) is 0 Å². The van der Waals surface area contributed by atoms with Crippen molar-refractivity contribution in [3.63, 3.8) is 0 Å². The summed E-state index contributed by atoms with van der Waals surface area (Å²) in [6, 6.07) is 13.6. The van der Waals surface area contributed by atoms with E-state index in [1.54, 1.807) is 4.88 Å². The number of para-hydroxylation sites is 1. The smallest absolute Gasteiger partial charge is 0.0957 e. The summed E-state index contributed by atoms with van der Waals surface area (Å²) >= 11 is 1.92. The number of aromatic nitrogens is 3. The Hall–Kier alpha value is -2.46. The first-order chi connectivity index (χ1) is 13.4. The summed E-state index contributed by atoms with van der Waals surface area (Å²) in [5.41, 5.74) is 5.33. The van der Waals surface area contributed by atoms with Crippen LogP contribution in [-0.4, -0.2) is 14.5 Å². The Morgan fingerprint density at radius 3 is 2.81 bits per heavy atom. The van der Waals surface area contributed by atoms with Gasteiger partial charge in [0.1, 0.15) is 0 Å². The molecule has 2 aliphatic rings. The molecule has 0 N–H and O–H groups in total. The summed E-state index contributed by atoms with van der Waals surface area (Å²) in [5, 5.41) is 3.57. The van der Waals surface area contributed by atoms with Crippen molar-refractivity contribution in [1.29, 1.82) is 0 Å². The molecule has 134 valence electrons. The lowest BCUT2D eigenvalue weighted by Crippen LogP contribution is -2.22. The number of nitrogens with zero attached hydrogens (tertiary/aromatic N) is 3. The van der Waals surface area contributed by atoms with Crippen LogP contribution in [-0.2, 0) is 0 Å². The molecule has 1 unspecified atom stereocenters. The van der Waals surface area contributed by atoms with Crippen molar-refractivity contribution in [3.8, 4) is 11.3 Å². The standard InChI is InChI=1S/C23H21N3S/c1-2-4-20-18(3-1)17(9-11-25-20)15-5-7-16(8-6-15)22-23-19(10-12-27-23)21-13-24-14-26(21)22/h1-4,9-16,22H,5-8H2/t15-,16-,22?. The number of pyridine rings is 1. The molecule has 1 atom stereocenters. The van der Waals surface area contributed by atoms with E-state index in [1.807, 2.05) is 30.1 Å². The summed E-state index contributed by atoms with van der Waals surface area (Å²) in [6.45, 7) is 0. The van der Waals surface area contributed by atoms with Gasteiger partial charge in [-0.1, -0.05) is 18.2 Å². The van der Waals surface area contributed by atoms with Crippen LogP contribution in [0.4, 0.5) is 0 Å². The minimum Gasteiger partial charge on any atom is -0.322 e. The molecule has 0 spiro atoms. The maximum absolute atomic E-state index is 4.54. The van der Waals surface area contributed by atoms with Gasteiger partial charge in [0, 0.05) is 22.0 Å². The van der Waals surface area contributed by atoms with Gasteiger partial charge < -0.3 is 4.57 Å². The normalized spacial score (nSPS) is 24.1. The van der Waals surface area contributed by atoms with Crippen molar-refractivity contribution < 1.29 is 0 Å². The Morgan fingerprint density at radius 2 is 1.89 bits per heavy atom. The Balaban J connectivity index is 1.28. The molecule has 1 saturated carbocycles. The van der Waals surface area contributed by atoms with E-state index < -0.39 is 0 Å². The molecule has 0 radical (unpaired) electrons. The van der Waals surface area contributed by atoms with Crippen molar-refractivity contribution >= 4 is 22.2 Å². The monoisotopic (exact) mass is 371 g/mol. The number of imidazole rings is 1. The maximum atomic E-state index is 4.54. The summed E-state index contributed by atoms with van der Waals surface area (Å²) in [4.78, 5) is 10.5. The van der Waals surface area contributed by atoms with E-state index in [-0.39, 0.29) is 0 Å². The van der Waals surface area contributed by atoms with E-state index in [9.17, 15) is 0 Å². The average molecular weight is 372 g/mol. The van der Waals surface area contributed by atoms with Crippen molar-refractivity contribution in [3.05, 3.63) is 70.9 Å². The molecule has 1 aromatic carbocycles. The summed E-state index contributed by atoms with van der Waals surface area (Å²) in [6.07, 6.45) is 11.1. The van der Waals surface area contributed by atoms with Crippen molar-refractivity contribution in [2.75, 3.05) is 0 Å². The van der Waals surface area contributed by atoms with Crippen molar-refractivity contribution in [2.45, 2.75) is 37.6 Å². The molecular weight excluding hydrogens is 350 g/mol. The quantitative estimate of drug-likeness (QED) is 0.430. The van der Waals surface area contributed by atoms with Gasteiger partial charge in [0.15, 0.2) is 0 Å². The molecule has 1 fully saturated rings. The molecule has 0 bridgehead atoms. The van der Waals surface area contributed by atoms with Gasteiger partial charge in [-0.05, 0) is 66.7 Å². The third-order valence-electron chi connectivity index (χ3n) is 6.55. The highest BCUT2D eigenvalue weighted by Gasteiger charge is 2.37. The van der Waals surface area contributed by atoms with E-state index in [1.165, 1.54) is 47.9 Å². The third-order valence-corrected chi connectivity index (χ3v) is 7.53. The van der Waals surface area contributed by atoms with Gasteiger partial charge >= 0.3 is 0 Å². The highest BCUT2D eigenvalue weighted by Crippen LogP contribution is 2.51. The number of benzene rings is 1. The molecule has 4 heteroatoms. The number of hydrogen-bond acceptors (Lipinski definition) is 3. The van der Waals surface area contributed by atoms with Crippen molar-refractivity contribution in [1.82, 2.24) is 14.5 Å². The molecule has 6 rings (SSSR count). The van der Waals surface area contributed by atoms with Crippen LogP contribution in [0, 0.1) is 5.92 Å². The largest absolute Gasteiger partial charge is 0.322 e. The lowest BCUT2D eigenvalue weighted by molar-refractivity contribution is 0.268. The SMILES string of the molecule is c1ccc2c(c1)nccc2[C@H]1CC[C@H](C2c3sccc3-c3cncn32)CC1. The lowest BCUT2D eigenvalue weighted by Gasteiger charge is -2.33. The predicted octanol–water partition coefficient (Wildman–Crippen LogP) is 6.04. The highest BCUT2D eigenvalue weighted by atomic mass is 32.1. The molecule has 1 aliphatic carbocycles. The Kier molecular flexibility index (Phi) is 3.48. The van der Waals surface area contributed by atoms with Gasteiger partial charge in [0.25, 0.3) is 0 Å². The highest BCUT2D eigenvalue weighted by molar-refractivity contribution is 7.10. The first kappa shape index (κ1) is 15.6. The Labute approximate surface area is 162 Å². The summed E-state index contributed by atoms with van der Waals surface area (Å²) < 4.78 is 2.42. The topological polar surface area (TPSA) is 30.7 Å². The van der Waals surface area contributed by atoms with Crippen molar-refractivity contribution in [2.24, 2.45) is 5.92 Å². The van der Waals surface area contributed by atoms with Crippen LogP contribution in [0.15, 0.2) is 60.5 Å². The third kappa shape index (κ3) is 2.32. The van der Waals surface area contributed by atoms with Crippen LogP contribution in [0.5, 0.6) is 0 Å². The van der Waals surface area contributed by atoms with E-state index in [0.29, 0.717) is 17.9 Å². The zero-order valence-corrected chi connectivity index (χ0v) is 15.9. The zero-order valence-electron chi connectivity index (χ0n) is 15.1. The Bertz CT molecular complexity index is 1070. The number of thiophene rings is 1. The van der Waals surface area contributed by atoms with Crippen LogP contribution < -0.4 is 0 Å². The minimum atomic E-state index is 0.493. The van der Waals surface area contributed by atoms with Gasteiger partial charge in [-0.25, -0.2) is 4.98 Å². The Morgan fingerprint density at radius 1 is 1.00 bits per heavy atom. The molecule has 27 heavy (non-hydrogen) atoms. The van der Waals surface area contributed by atoms with Gasteiger partial charge in [0.05, 0.1) is 29.8 Å². The fourth-order valence-electron chi connectivity index (χ4n) is 5.28. The maximum Gasteiger partial charge on any atom is 0.0957 e. The predicted molar refractivity (Wildman–Crippen MR) is 110 cm³/mol. The zero-order chi connectivity index (χ0) is 17.8. The molecular formula is C23H21N3S. The molecule has 1 aliphatic heterocycles. The first-order valence-electron chi connectivity index (χ1n) is 9.83. The summed E-state index contributed by atoms with van der Waals surface area (Å²) in [7, 11) is 0. The summed E-state index contributed by atoms with van der Waals surface area (Å²) in [5.74, 6) is 1.36. The molecule has 0 saturated heterocycles. The van der Waals surface area contributed by atoms with E-state index >= 15 is 0 Å². The van der Waals surface area contributed by atoms with Crippen LogP contribution in [0.2, 0.25) is 0 Å². The van der Waals surface area contributed by atoms with Crippen LogP contribution in [0.3, 0.4) is 0 Å². The molecule has 0 amide bonds. The van der Waals surface area contributed by atoms with Gasteiger partial charge in [-0.2, -0.15) is 0 Å². The fourth-order valence-corrected chi connectivity index (χ4v) is 6.38. The van der Waals surface area contributed by atoms with E-state index in [0.717, 1.165) is 5.52 Å². The average Bonchev–Trinajstić information content (AvgIpc) is 3.42. The fraction of sp³-hybridized carbons (Fsp3) is 0.304. The van der Waals surface area contributed by atoms with Gasteiger partial charge in [0.2, 0.25) is 0 Å². The molecule has 3 nitrogen and oxygen atoms in total. The number of hydrogen-bond donors (Lipinski definition) is 0. The van der Waals surface area contributed by atoms with Crippen LogP contribution >= 0.6 is 11.3 Å². The molecule has 3 aromatic heterocycles. The first-order valence-corrected chi connectivity index (χ1v) is 10.7. The number of rotatable bonds is 2. The lowest BCUT2D eigenvalue weighted by atomic mass is 9.75. The number of fused-ring (bicyclic) bond motifs is 4. The second-order valence-electron chi connectivity index (χ2n) is 7.86. The van der Waals surface area contributed by atoms with Crippen LogP contribution in [0.25, 0.3) is 22.2 Å². The van der Waals surface area contributed by atoms with Gasteiger partial charge in [-0.3, -0.25) is 4.98 Å². The molecule has 4 heterocycles. The second kappa shape index (κ2) is 6.03. The second-order valence-corrected chi connectivity index (χ2v) is 8.81. The minimum absolute atomic E-state index is 0.493. The van der Waals surface area contributed by atoms with Gasteiger partial charge in [-0.15, -0.1) is 11.3 Å².